The third kappa shape index (κ3) is 6.42. The lowest BCUT2D eigenvalue weighted by molar-refractivity contribution is -0.153. The molecule has 0 unspecified atom stereocenters. The van der Waals surface area contributed by atoms with Gasteiger partial charge in [-0.2, -0.15) is 13.2 Å². The highest BCUT2D eigenvalue weighted by Crippen LogP contribution is 2.22. The smallest absolute Gasteiger partial charge is 0.422 e. The summed E-state index contributed by atoms with van der Waals surface area (Å²) in [6.07, 6.45) is -4.35. The van der Waals surface area contributed by atoms with Crippen LogP contribution in [0.15, 0.2) is 0 Å². The van der Waals surface area contributed by atoms with E-state index < -0.39 is 12.8 Å². The van der Waals surface area contributed by atoms with E-state index in [1.165, 1.54) is 0 Å². The quantitative estimate of drug-likeness (QED) is 0.911. The topological polar surface area (TPSA) is 47.0 Å². The summed E-state index contributed by atoms with van der Waals surface area (Å²) >= 11 is 1.01. The van der Waals surface area contributed by atoms with E-state index in [4.69, 9.17) is 0 Å². The molecule has 0 fully saturated rings. The van der Waals surface area contributed by atoms with Gasteiger partial charge in [-0.25, -0.2) is 0 Å². The van der Waals surface area contributed by atoms with Crippen molar-refractivity contribution in [2.75, 3.05) is 6.61 Å². The number of nitrogens with zero attached hydrogens (tertiary/aromatic N) is 2. The lowest BCUT2D eigenvalue weighted by atomic mass is 10.1. The van der Waals surface area contributed by atoms with Crippen LogP contribution < -0.4 is 10.1 Å². The number of alkyl halides is 3. The summed E-state index contributed by atoms with van der Waals surface area (Å²) in [5.74, 6) is 0. The molecule has 1 aromatic heterocycles. The van der Waals surface area contributed by atoms with Gasteiger partial charge in [0.05, 0.1) is 6.54 Å². The molecule has 0 spiro atoms. The zero-order chi connectivity index (χ0) is 13.1. The minimum atomic E-state index is -4.35. The second-order valence-corrected chi connectivity index (χ2v) is 5.49. The molecule has 0 atom stereocenters. The Hall–Kier alpha value is -0.890. The SMILES string of the molecule is CC(C)(C)NCc1nnc(OCC(F)(F)F)s1. The van der Waals surface area contributed by atoms with E-state index in [0.717, 1.165) is 11.3 Å². The number of aromatic nitrogens is 2. The zero-order valence-corrected chi connectivity index (χ0v) is 10.6. The van der Waals surface area contributed by atoms with Crippen molar-refractivity contribution < 1.29 is 17.9 Å². The fraction of sp³-hybridized carbons (Fsp3) is 0.778. The number of halogens is 3. The lowest BCUT2D eigenvalue weighted by Crippen LogP contribution is -2.35. The highest BCUT2D eigenvalue weighted by Gasteiger charge is 2.29. The van der Waals surface area contributed by atoms with Crippen molar-refractivity contribution in [2.45, 2.75) is 39.0 Å². The molecule has 4 nitrogen and oxygen atoms in total. The van der Waals surface area contributed by atoms with Crippen molar-refractivity contribution in [2.24, 2.45) is 0 Å². The van der Waals surface area contributed by atoms with Gasteiger partial charge in [0.1, 0.15) is 5.01 Å². The van der Waals surface area contributed by atoms with Crippen LogP contribution in [0.4, 0.5) is 13.2 Å². The molecule has 0 radical (unpaired) electrons. The molecule has 0 bridgehead atoms. The van der Waals surface area contributed by atoms with Gasteiger partial charge in [0.2, 0.25) is 0 Å². The standard InChI is InChI=1S/C9H14F3N3OS/c1-8(2,3)13-4-6-14-15-7(17-6)16-5-9(10,11)12/h13H,4-5H2,1-3H3. The first kappa shape index (κ1) is 14.2. The molecule has 0 amide bonds. The van der Waals surface area contributed by atoms with Crippen LogP contribution in [0, 0.1) is 0 Å². The largest absolute Gasteiger partial charge is 0.459 e. The van der Waals surface area contributed by atoms with Crippen LogP contribution in [0.1, 0.15) is 25.8 Å². The Bertz CT molecular complexity index is 327. The maximum Gasteiger partial charge on any atom is 0.422 e. The average molecular weight is 269 g/mol. The van der Waals surface area contributed by atoms with Crippen molar-refractivity contribution in [3.8, 4) is 5.19 Å². The molecule has 98 valence electrons. The number of hydrogen-bond acceptors (Lipinski definition) is 5. The summed E-state index contributed by atoms with van der Waals surface area (Å²) in [4.78, 5) is 0. The molecule has 0 aliphatic heterocycles. The van der Waals surface area contributed by atoms with Crippen molar-refractivity contribution in [3.05, 3.63) is 5.01 Å². The number of ether oxygens (including phenoxy) is 1. The van der Waals surface area contributed by atoms with Gasteiger partial charge in [0, 0.05) is 5.54 Å². The molecule has 17 heavy (non-hydrogen) atoms. The second-order valence-electron chi connectivity index (χ2n) is 4.47. The van der Waals surface area contributed by atoms with Crippen LogP contribution in [0.5, 0.6) is 5.19 Å². The first-order valence-corrected chi connectivity index (χ1v) is 5.74. The van der Waals surface area contributed by atoms with Gasteiger partial charge in [0.15, 0.2) is 6.61 Å². The Labute approximate surface area is 101 Å². The maximum atomic E-state index is 11.9. The van der Waals surface area contributed by atoms with E-state index in [9.17, 15) is 13.2 Å². The molecule has 0 saturated heterocycles. The minimum Gasteiger partial charge on any atom is -0.459 e. The van der Waals surface area contributed by atoms with Gasteiger partial charge in [-0.05, 0) is 20.8 Å². The Morgan fingerprint density at radius 2 is 1.88 bits per heavy atom. The van der Waals surface area contributed by atoms with Crippen LogP contribution in [-0.4, -0.2) is 28.5 Å². The molecular formula is C9H14F3N3OS. The van der Waals surface area contributed by atoms with Gasteiger partial charge < -0.3 is 10.1 Å². The predicted molar refractivity (Wildman–Crippen MR) is 58.1 cm³/mol. The van der Waals surface area contributed by atoms with Crippen LogP contribution in [0.2, 0.25) is 0 Å². The highest BCUT2D eigenvalue weighted by molar-refractivity contribution is 7.13. The van der Waals surface area contributed by atoms with Gasteiger partial charge >= 0.3 is 6.18 Å². The van der Waals surface area contributed by atoms with Gasteiger partial charge in [-0.15, -0.1) is 10.2 Å². The third-order valence-corrected chi connectivity index (χ3v) is 2.41. The van der Waals surface area contributed by atoms with E-state index in [2.05, 4.69) is 20.3 Å². The van der Waals surface area contributed by atoms with E-state index in [0.29, 0.717) is 11.6 Å². The normalized spacial score (nSPS) is 12.8. The third-order valence-electron chi connectivity index (χ3n) is 1.58. The first-order chi connectivity index (χ1) is 7.66. The summed E-state index contributed by atoms with van der Waals surface area (Å²) in [5, 5.41) is 10.9. The van der Waals surface area contributed by atoms with Crippen LogP contribution >= 0.6 is 11.3 Å². The lowest BCUT2D eigenvalue weighted by Gasteiger charge is -2.19. The summed E-state index contributed by atoms with van der Waals surface area (Å²) in [6, 6.07) is 0. The van der Waals surface area contributed by atoms with Crippen molar-refractivity contribution in [3.63, 3.8) is 0 Å². The number of hydrogen-bond donors (Lipinski definition) is 1. The summed E-state index contributed by atoms with van der Waals surface area (Å²) in [5.41, 5.74) is -0.0847. The Morgan fingerprint density at radius 1 is 1.24 bits per heavy atom. The zero-order valence-electron chi connectivity index (χ0n) is 9.76. The molecule has 1 rings (SSSR count). The molecule has 1 aromatic rings. The monoisotopic (exact) mass is 269 g/mol. The molecule has 0 saturated carbocycles. The van der Waals surface area contributed by atoms with E-state index >= 15 is 0 Å². The van der Waals surface area contributed by atoms with Crippen molar-refractivity contribution in [1.29, 1.82) is 0 Å². The van der Waals surface area contributed by atoms with Crippen LogP contribution in [0.25, 0.3) is 0 Å². The van der Waals surface area contributed by atoms with E-state index in [-0.39, 0.29) is 10.7 Å². The van der Waals surface area contributed by atoms with Gasteiger partial charge in [-0.3, -0.25) is 0 Å². The Morgan fingerprint density at radius 3 is 2.41 bits per heavy atom. The maximum absolute atomic E-state index is 11.9. The summed E-state index contributed by atoms with van der Waals surface area (Å²) < 4.78 is 40.1. The fourth-order valence-corrected chi connectivity index (χ4v) is 1.48. The Kier molecular flexibility index (Phi) is 4.31. The van der Waals surface area contributed by atoms with Crippen molar-refractivity contribution >= 4 is 11.3 Å². The molecule has 8 heteroatoms. The molecule has 0 aliphatic rings. The first-order valence-electron chi connectivity index (χ1n) is 4.93. The van der Waals surface area contributed by atoms with Crippen LogP contribution in [0.3, 0.4) is 0 Å². The summed E-state index contributed by atoms with van der Waals surface area (Å²) in [7, 11) is 0. The van der Waals surface area contributed by atoms with Crippen LogP contribution in [-0.2, 0) is 6.54 Å². The molecule has 0 aromatic carbocycles. The van der Waals surface area contributed by atoms with Gasteiger partial charge in [-0.1, -0.05) is 11.3 Å². The fourth-order valence-electron chi connectivity index (χ4n) is 0.852. The highest BCUT2D eigenvalue weighted by atomic mass is 32.1. The average Bonchev–Trinajstić information content (AvgIpc) is 2.57. The number of rotatable bonds is 4. The molecule has 1 heterocycles. The Balaban J connectivity index is 2.43. The van der Waals surface area contributed by atoms with Gasteiger partial charge in [0.25, 0.3) is 5.19 Å². The molecule has 0 aliphatic carbocycles. The minimum absolute atomic E-state index is 0.0620. The van der Waals surface area contributed by atoms with E-state index in [1.807, 2.05) is 20.8 Å². The molecule has 1 N–H and O–H groups in total. The summed E-state index contributed by atoms with van der Waals surface area (Å²) in [6.45, 7) is 5.06. The predicted octanol–water partition coefficient (Wildman–Crippen LogP) is 2.37. The molecular weight excluding hydrogens is 255 g/mol. The second kappa shape index (κ2) is 5.18. The van der Waals surface area contributed by atoms with Crippen molar-refractivity contribution in [1.82, 2.24) is 15.5 Å². The van der Waals surface area contributed by atoms with E-state index in [1.54, 1.807) is 0 Å². The number of nitrogens with one attached hydrogen (secondary N) is 1.